The molecule has 0 aliphatic heterocycles. The molecule has 7 heteroatoms. The number of carbonyl (C=O) groups is 2. The lowest BCUT2D eigenvalue weighted by atomic mass is 10.1. The molecule has 0 aliphatic carbocycles. The van der Waals surface area contributed by atoms with Crippen LogP contribution in [0.5, 0.6) is 0 Å². The highest BCUT2D eigenvalue weighted by atomic mass is 19.1. The summed E-state index contributed by atoms with van der Waals surface area (Å²) in [5.74, 6) is -2.48. The van der Waals surface area contributed by atoms with Gasteiger partial charge in [-0.15, -0.1) is 0 Å². The summed E-state index contributed by atoms with van der Waals surface area (Å²) in [6.45, 7) is 0. The van der Waals surface area contributed by atoms with E-state index in [1.165, 1.54) is 11.5 Å². The molecule has 0 spiro atoms. The monoisotopic (exact) mass is 289 g/mol. The van der Waals surface area contributed by atoms with Gasteiger partial charge in [0, 0.05) is 5.56 Å². The van der Waals surface area contributed by atoms with Crippen LogP contribution in [0.3, 0.4) is 0 Å². The normalized spacial score (nSPS) is 10.0. The number of nitrogens with two attached hydrogens (primary N) is 1. The van der Waals surface area contributed by atoms with Crippen molar-refractivity contribution in [3.63, 3.8) is 0 Å². The Labute approximate surface area is 119 Å². The molecule has 21 heavy (non-hydrogen) atoms. The van der Waals surface area contributed by atoms with Crippen molar-refractivity contribution >= 4 is 23.2 Å². The van der Waals surface area contributed by atoms with E-state index in [9.17, 15) is 14.0 Å². The number of benzene rings is 2. The van der Waals surface area contributed by atoms with E-state index in [0.717, 1.165) is 12.1 Å². The lowest BCUT2D eigenvalue weighted by Gasteiger charge is -2.08. The van der Waals surface area contributed by atoms with Gasteiger partial charge in [0.25, 0.3) is 11.8 Å². The summed E-state index contributed by atoms with van der Waals surface area (Å²) in [6.07, 6.45) is 0. The molecule has 6 nitrogen and oxygen atoms in total. The van der Waals surface area contributed by atoms with Crippen LogP contribution in [0.15, 0.2) is 42.5 Å². The predicted octanol–water partition coefficient (Wildman–Crippen LogP) is 1.78. The molecular weight excluding hydrogens is 277 g/mol. The molecule has 2 aromatic carbocycles. The van der Waals surface area contributed by atoms with E-state index in [2.05, 4.69) is 5.32 Å². The Morgan fingerprint density at radius 1 is 1.10 bits per heavy atom. The number of amides is 2. The fraction of sp³-hybridized carbons (Fsp3) is 0. The number of hydroxylamine groups is 1. The molecule has 0 saturated heterocycles. The largest absolute Gasteiger partial charge is 0.397 e. The second-order valence-corrected chi connectivity index (χ2v) is 4.18. The summed E-state index contributed by atoms with van der Waals surface area (Å²) in [7, 11) is 0. The number of rotatable bonds is 3. The Bertz CT molecular complexity index is 704. The zero-order valence-electron chi connectivity index (χ0n) is 10.8. The molecule has 5 N–H and O–H groups in total. The van der Waals surface area contributed by atoms with Crippen LogP contribution in [0.2, 0.25) is 0 Å². The van der Waals surface area contributed by atoms with Gasteiger partial charge in [-0.25, -0.2) is 9.87 Å². The molecule has 2 amide bonds. The summed E-state index contributed by atoms with van der Waals surface area (Å²) >= 11 is 0. The number of hydrogen-bond acceptors (Lipinski definition) is 4. The molecule has 0 aliphatic rings. The highest BCUT2D eigenvalue weighted by molar-refractivity contribution is 6.06. The minimum Gasteiger partial charge on any atom is -0.397 e. The van der Waals surface area contributed by atoms with Crippen molar-refractivity contribution in [2.45, 2.75) is 0 Å². The highest BCUT2D eigenvalue weighted by Crippen LogP contribution is 2.18. The Morgan fingerprint density at radius 2 is 1.81 bits per heavy atom. The van der Waals surface area contributed by atoms with Gasteiger partial charge in [-0.1, -0.05) is 12.1 Å². The third-order valence-electron chi connectivity index (χ3n) is 2.79. The van der Waals surface area contributed by atoms with Gasteiger partial charge in [-0.3, -0.25) is 14.8 Å². The molecule has 0 unspecified atom stereocenters. The third kappa shape index (κ3) is 3.15. The van der Waals surface area contributed by atoms with Crippen molar-refractivity contribution in [1.82, 2.24) is 5.48 Å². The Balaban J connectivity index is 2.23. The molecule has 108 valence electrons. The average molecular weight is 289 g/mol. The predicted molar refractivity (Wildman–Crippen MR) is 74.5 cm³/mol. The number of para-hydroxylation sites is 2. The topological polar surface area (TPSA) is 104 Å². The van der Waals surface area contributed by atoms with Gasteiger partial charge >= 0.3 is 0 Å². The number of carbonyl (C=O) groups excluding carboxylic acids is 2. The summed E-state index contributed by atoms with van der Waals surface area (Å²) in [5, 5.41) is 11.0. The first-order chi connectivity index (χ1) is 10.0. The summed E-state index contributed by atoms with van der Waals surface area (Å²) < 4.78 is 13.7. The first-order valence-corrected chi connectivity index (χ1v) is 5.92. The second kappa shape index (κ2) is 6.02. The van der Waals surface area contributed by atoms with E-state index in [-0.39, 0.29) is 11.1 Å². The van der Waals surface area contributed by atoms with Gasteiger partial charge in [-0.05, 0) is 30.3 Å². The van der Waals surface area contributed by atoms with Crippen LogP contribution >= 0.6 is 0 Å². The van der Waals surface area contributed by atoms with E-state index >= 15 is 0 Å². The number of nitrogens with one attached hydrogen (secondary N) is 2. The van der Waals surface area contributed by atoms with Gasteiger partial charge in [0.2, 0.25) is 0 Å². The fourth-order valence-electron chi connectivity index (χ4n) is 1.71. The highest BCUT2D eigenvalue weighted by Gasteiger charge is 2.15. The minimum atomic E-state index is -0.994. The van der Waals surface area contributed by atoms with E-state index in [4.69, 9.17) is 10.9 Å². The summed E-state index contributed by atoms with van der Waals surface area (Å²) in [5.41, 5.74) is 7.44. The van der Waals surface area contributed by atoms with Crippen LogP contribution in [0.4, 0.5) is 15.8 Å². The lowest BCUT2D eigenvalue weighted by Crippen LogP contribution is -2.21. The molecule has 2 aromatic rings. The molecule has 0 radical (unpaired) electrons. The van der Waals surface area contributed by atoms with Crippen molar-refractivity contribution in [1.29, 1.82) is 0 Å². The van der Waals surface area contributed by atoms with Crippen molar-refractivity contribution < 1.29 is 19.2 Å². The van der Waals surface area contributed by atoms with Crippen molar-refractivity contribution in [2.24, 2.45) is 0 Å². The number of hydrogen-bond donors (Lipinski definition) is 4. The van der Waals surface area contributed by atoms with Crippen molar-refractivity contribution in [3.8, 4) is 0 Å². The van der Waals surface area contributed by atoms with Gasteiger partial charge in [0.1, 0.15) is 5.82 Å². The molecule has 0 atom stereocenters. The minimum absolute atomic E-state index is 0.0187. The second-order valence-electron chi connectivity index (χ2n) is 4.18. The maximum atomic E-state index is 13.7. The molecule has 0 aromatic heterocycles. The van der Waals surface area contributed by atoms with E-state index in [1.54, 1.807) is 24.3 Å². The molecular formula is C14H12FN3O3. The maximum Gasteiger partial charge on any atom is 0.277 e. The molecule has 0 fully saturated rings. The van der Waals surface area contributed by atoms with Crippen molar-refractivity contribution in [3.05, 3.63) is 59.4 Å². The smallest absolute Gasteiger partial charge is 0.277 e. The fourth-order valence-corrected chi connectivity index (χ4v) is 1.71. The summed E-state index contributed by atoms with van der Waals surface area (Å²) in [4.78, 5) is 23.1. The quantitative estimate of drug-likeness (QED) is 0.392. The molecule has 0 heterocycles. The summed E-state index contributed by atoms with van der Waals surface area (Å²) in [6, 6.07) is 9.90. The average Bonchev–Trinajstić information content (AvgIpc) is 2.48. The molecule has 0 saturated carbocycles. The van der Waals surface area contributed by atoms with Crippen LogP contribution in [-0.2, 0) is 0 Å². The maximum absolute atomic E-state index is 13.7. The van der Waals surface area contributed by atoms with Crippen LogP contribution < -0.4 is 16.5 Å². The van der Waals surface area contributed by atoms with Gasteiger partial charge in [0.05, 0.1) is 16.9 Å². The Hall–Kier alpha value is -2.93. The van der Waals surface area contributed by atoms with Crippen LogP contribution in [0, 0.1) is 5.82 Å². The van der Waals surface area contributed by atoms with Gasteiger partial charge in [-0.2, -0.15) is 0 Å². The van der Waals surface area contributed by atoms with Crippen LogP contribution in [0.1, 0.15) is 20.7 Å². The zero-order chi connectivity index (χ0) is 15.4. The number of halogens is 1. The first kappa shape index (κ1) is 14.5. The molecule has 0 bridgehead atoms. The van der Waals surface area contributed by atoms with Crippen LogP contribution in [0.25, 0.3) is 0 Å². The third-order valence-corrected chi connectivity index (χ3v) is 2.79. The lowest BCUT2D eigenvalue weighted by molar-refractivity contribution is 0.0701. The zero-order valence-corrected chi connectivity index (χ0v) is 10.8. The number of nitrogen functional groups attached to an aromatic ring is 1. The Morgan fingerprint density at radius 3 is 2.43 bits per heavy atom. The Kier molecular flexibility index (Phi) is 4.15. The van der Waals surface area contributed by atoms with Gasteiger partial charge in [0.15, 0.2) is 0 Å². The van der Waals surface area contributed by atoms with E-state index in [1.807, 2.05) is 0 Å². The number of anilines is 2. The van der Waals surface area contributed by atoms with Crippen molar-refractivity contribution in [2.75, 3.05) is 11.1 Å². The van der Waals surface area contributed by atoms with E-state index in [0.29, 0.717) is 11.4 Å². The SMILES string of the molecule is Nc1ccccc1NC(=O)c1ccc(C(=O)NO)c(F)c1. The van der Waals surface area contributed by atoms with Crippen LogP contribution in [-0.4, -0.2) is 17.0 Å². The molecule has 2 rings (SSSR count). The standard InChI is InChI=1S/C14H12FN3O3/c15-10-7-8(5-6-9(10)14(20)18-21)13(19)17-12-4-2-1-3-11(12)16/h1-7,21H,16H2,(H,17,19)(H,18,20). The first-order valence-electron chi connectivity index (χ1n) is 5.92. The van der Waals surface area contributed by atoms with E-state index < -0.39 is 17.6 Å². The van der Waals surface area contributed by atoms with Gasteiger partial charge < -0.3 is 11.1 Å².